The Labute approximate surface area is 111 Å². The first-order valence-electron chi connectivity index (χ1n) is 6.42. The maximum Gasteiger partial charge on any atom is 0.307 e. The van der Waals surface area contributed by atoms with Crippen LogP contribution in [0.25, 0.3) is 0 Å². The van der Waals surface area contributed by atoms with Gasteiger partial charge in [-0.2, -0.15) is 5.10 Å². The van der Waals surface area contributed by atoms with Gasteiger partial charge >= 0.3 is 5.97 Å². The zero-order valence-electron chi connectivity index (χ0n) is 11.6. The van der Waals surface area contributed by atoms with E-state index in [-0.39, 0.29) is 11.9 Å². The summed E-state index contributed by atoms with van der Waals surface area (Å²) in [6, 6.07) is 0.219. The fourth-order valence-electron chi connectivity index (χ4n) is 2.32. The predicted octanol–water partition coefficient (Wildman–Crippen LogP) is 1.74. The lowest BCUT2D eigenvalue weighted by molar-refractivity contribution is -0.139. The smallest absolute Gasteiger partial charge is 0.307 e. The van der Waals surface area contributed by atoms with Gasteiger partial charge in [0, 0.05) is 6.04 Å². The third-order valence-corrected chi connectivity index (χ3v) is 3.51. The summed E-state index contributed by atoms with van der Waals surface area (Å²) in [5.41, 5.74) is 2.36. The summed E-state index contributed by atoms with van der Waals surface area (Å²) in [6.45, 7) is 7.78. The van der Waals surface area contributed by atoms with Crippen LogP contribution < -0.4 is 5.32 Å². The molecule has 2 rings (SSSR count). The van der Waals surface area contributed by atoms with Crippen LogP contribution in [0, 0.1) is 25.7 Å². The molecule has 1 heterocycles. The fourth-order valence-corrected chi connectivity index (χ4v) is 2.32. The minimum Gasteiger partial charge on any atom is -0.481 e. The number of anilines is 1. The van der Waals surface area contributed by atoms with Crippen LogP contribution in [-0.4, -0.2) is 26.8 Å². The number of aryl methyl sites for hydroxylation is 1. The van der Waals surface area contributed by atoms with E-state index in [1.54, 1.807) is 0 Å². The van der Waals surface area contributed by atoms with Crippen LogP contribution in [0.3, 0.4) is 0 Å². The quantitative estimate of drug-likeness (QED) is 0.868. The van der Waals surface area contributed by atoms with Crippen molar-refractivity contribution in [3.05, 3.63) is 11.4 Å². The van der Waals surface area contributed by atoms with Crippen molar-refractivity contribution in [3.63, 3.8) is 0 Å². The van der Waals surface area contributed by atoms with E-state index in [1.165, 1.54) is 0 Å². The normalized spacial score (nSPS) is 21.5. The molecule has 1 aliphatic carbocycles. The van der Waals surface area contributed by atoms with E-state index >= 15 is 0 Å². The van der Waals surface area contributed by atoms with Crippen molar-refractivity contribution in [1.29, 1.82) is 0 Å². The number of nitrogens with zero attached hydrogens (tertiary/aromatic N) is 2. The molecule has 2 N–H and O–H groups in total. The summed E-state index contributed by atoms with van der Waals surface area (Å²) in [4.78, 5) is 22.7. The summed E-state index contributed by atoms with van der Waals surface area (Å²) in [5, 5.41) is 16.0. The zero-order valence-corrected chi connectivity index (χ0v) is 11.6. The lowest BCUT2D eigenvalue weighted by Crippen LogP contribution is -2.17. The first-order chi connectivity index (χ1) is 8.82. The number of hydrogen-bond donors (Lipinski definition) is 2. The van der Waals surface area contributed by atoms with Crippen molar-refractivity contribution < 1.29 is 14.7 Å². The second-order valence-corrected chi connectivity index (χ2v) is 5.36. The zero-order chi connectivity index (χ0) is 14.3. The Hall–Kier alpha value is -1.85. The second-order valence-electron chi connectivity index (χ2n) is 5.36. The van der Waals surface area contributed by atoms with E-state index in [0.29, 0.717) is 12.1 Å². The average molecular weight is 265 g/mol. The van der Waals surface area contributed by atoms with Crippen LogP contribution in [0.15, 0.2) is 0 Å². The molecule has 104 valence electrons. The lowest BCUT2D eigenvalue weighted by Gasteiger charge is -2.09. The van der Waals surface area contributed by atoms with Gasteiger partial charge < -0.3 is 10.4 Å². The van der Waals surface area contributed by atoms with Gasteiger partial charge in [0.1, 0.15) is 0 Å². The summed E-state index contributed by atoms with van der Waals surface area (Å²) in [6.07, 6.45) is 0.428. The highest BCUT2D eigenvalue weighted by atomic mass is 16.4. The van der Waals surface area contributed by atoms with Crippen LogP contribution in [0.4, 0.5) is 5.69 Å². The first-order valence-corrected chi connectivity index (χ1v) is 6.42. The molecule has 6 nitrogen and oxygen atoms in total. The van der Waals surface area contributed by atoms with Crippen molar-refractivity contribution in [2.75, 3.05) is 5.32 Å². The van der Waals surface area contributed by atoms with Gasteiger partial charge in [-0.25, -0.2) is 0 Å². The molecule has 1 fully saturated rings. The number of aromatic nitrogens is 2. The molecule has 0 spiro atoms. The molecule has 1 saturated carbocycles. The van der Waals surface area contributed by atoms with E-state index in [4.69, 9.17) is 5.11 Å². The van der Waals surface area contributed by atoms with Crippen molar-refractivity contribution >= 4 is 17.6 Å². The number of carboxylic acids is 1. The van der Waals surface area contributed by atoms with E-state index in [1.807, 2.05) is 32.4 Å². The van der Waals surface area contributed by atoms with Crippen molar-refractivity contribution in [3.8, 4) is 0 Å². The largest absolute Gasteiger partial charge is 0.481 e. The Bertz CT molecular complexity index is 533. The number of rotatable bonds is 4. The van der Waals surface area contributed by atoms with Gasteiger partial charge in [-0.1, -0.05) is 0 Å². The van der Waals surface area contributed by atoms with E-state index in [0.717, 1.165) is 11.4 Å². The number of carboxylic acid groups (broad SMARTS) is 1. The molecule has 1 amide bonds. The Morgan fingerprint density at radius 1 is 1.37 bits per heavy atom. The molecule has 0 unspecified atom stereocenters. The Kier molecular flexibility index (Phi) is 3.34. The van der Waals surface area contributed by atoms with E-state index < -0.39 is 17.8 Å². The summed E-state index contributed by atoms with van der Waals surface area (Å²) >= 11 is 0. The van der Waals surface area contributed by atoms with Crippen LogP contribution in [0.5, 0.6) is 0 Å². The molecular formula is C13H19N3O3. The van der Waals surface area contributed by atoms with Gasteiger partial charge in [0.05, 0.1) is 28.9 Å². The Balaban J connectivity index is 2.12. The number of carbonyl (C=O) groups is 2. The number of nitrogens with one attached hydrogen (secondary N) is 1. The van der Waals surface area contributed by atoms with Crippen LogP contribution in [0.1, 0.15) is 37.7 Å². The number of hydrogen-bond acceptors (Lipinski definition) is 3. The molecule has 0 aliphatic heterocycles. The molecular weight excluding hydrogens is 246 g/mol. The average Bonchev–Trinajstić information content (AvgIpc) is 3.06. The first kappa shape index (κ1) is 13.6. The lowest BCUT2D eigenvalue weighted by atomic mass is 10.2. The van der Waals surface area contributed by atoms with Gasteiger partial charge in [0.2, 0.25) is 5.91 Å². The summed E-state index contributed by atoms with van der Waals surface area (Å²) in [5.74, 6) is -2.05. The Morgan fingerprint density at radius 3 is 2.42 bits per heavy atom. The molecule has 19 heavy (non-hydrogen) atoms. The molecule has 0 bridgehead atoms. The number of aliphatic carboxylic acids is 1. The van der Waals surface area contributed by atoms with Gasteiger partial charge in [-0.3, -0.25) is 14.3 Å². The monoisotopic (exact) mass is 265 g/mol. The van der Waals surface area contributed by atoms with Crippen LogP contribution in [0.2, 0.25) is 0 Å². The second kappa shape index (κ2) is 4.68. The Morgan fingerprint density at radius 2 is 2.00 bits per heavy atom. The van der Waals surface area contributed by atoms with Crippen molar-refractivity contribution in [2.45, 2.75) is 40.2 Å². The molecule has 0 radical (unpaired) electrons. The molecule has 1 aliphatic rings. The van der Waals surface area contributed by atoms with E-state index in [2.05, 4.69) is 10.4 Å². The van der Waals surface area contributed by atoms with Crippen LogP contribution in [-0.2, 0) is 9.59 Å². The standard InChI is InChI=1S/C13H19N3O3/c1-6(2)16-8(4)11(7(3)15-16)14-12(17)9-5-10(9)13(18)19/h6,9-10H,5H2,1-4H3,(H,14,17)(H,18,19)/t9-,10+/m1/s1. The van der Waals surface area contributed by atoms with Crippen LogP contribution >= 0.6 is 0 Å². The third kappa shape index (κ3) is 2.47. The number of amides is 1. The fraction of sp³-hybridized carbons (Fsp3) is 0.615. The van der Waals surface area contributed by atoms with Gasteiger partial charge in [0.25, 0.3) is 0 Å². The summed E-state index contributed by atoms with van der Waals surface area (Å²) < 4.78 is 1.85. The SMILES string of the molecule is Cc1nn(C(C)C)c(C)c1NC(=O)[C@@H]1C[C@@H]1C(=O)O. The molecule has 6 heteroatoms. The third-order valence-electron chi connectivity index (χ3n) is 3.51. The topological polar surface area (TPSA) is 84.2 Å². The highest BCUT2D eigenvalue weighted by molar-refractivity contribution is 5.98. The van der Waals surface area contributed by atoms with E-state index in [9.17, 15) is 9.59 Å². The van der Waals surface area contributed by atoms with Crippen molar-refractivity contribution in [2.24, 2.45) is 11.8 Å². The maximum absolute atomic E-state index is 12.0. The van der Waals surface area contributed by atoms with Gasteiger partial charge in [0.15, 0.2) is 0 Å². The molecule has 0 aromatic carbocycles. The molecule has 2 atom stereocenters. The molecule has 1 aromatic rings. The van der Waals surface area contributed by atoms with Crippen molar-refractivity contribution in [1.82, 2.24) is 9.78 Å². The van der Waals surface area contributed by atoms with Gasteiger partial charge in [-0.15, -0.1) is 0 Å². The minimum atomic E-state index is -0.897. The maximum atomic E-state index is 12.0. The van der Waals surface area contributed by atoms with Gasteiger partial charge in [-0.05, 0) is 34.1 Å². The predicted molar refractivity (Wildman–Crippen MR) is 69.9 cm³/mol. The minimum absolute atomic E-state index is 0.219. The summed E-state index contributed by atoms with van der Waals surface area (Å²) in [7, 11) is 0. The highest BCUT2D eigenvalue weighted by Gasteiger charge is 2.48. The number of carbonyl (C=O) groups excluding carboxylic acids is 1. The molecule has 1 aromatic heterocycles. The highest BCUT2D eigenvalue weighted by Crippen LogP contribution is 2.39. The molecule has 0 saturated heterocycles.